The first kappa shape index (κ1) is 15.8. The van der Waals surface area contributed by atoms with Crippen molar-refractivity contribution in [2.75, 3.05) is 5.32 Å². The fourth-order valence-corrected chi connectivity index (χ4v) is 4.40. The van der Waals surface area contributed by atoms with Gasteiger partial charge in [-0.25, -0.2) is 4.39 Å². The molecule has 1 N–H and O–H groups in total. The van der Waals surface area contributed by atoms with Gasteiger partial charge in [-0.05, 0) is 60.8 Å². The molecule has 3 heteroatoms. The predicted octanol–water partition coefficient (Wildman–Crippen LogP) is 5.04. The van der Waals surface area contributed by atoms with Crippen molar-refractivity contribution in [2.45, 2.75) is 59.4 Å². The SMILES string of the molecule is Cc1cc(F)cc(NC2(C#N)CC(C)(C)CC(C)(C)C2)c1. The second-order valence-corrected chi connectivity index (χ2v) is 8.19. The molecular formula is C18H25FN2. The van der Waals surface area contributed by atoms with E-state index in [2.05, 4.69) is 39.1 Å². The van der Waals surface area contributed by atoms with Gasteiger partial charge in [0.15, 0.2) is 0 Å². The highest BCUT2D eigenvalue weighted by molar-refractivity contribution is 5.50. The molecule has 0 aliphatic heterocycles. The lowest BCUT2D eigenvalue weighted by atomic mass is 9.58. The molecule has 0 bridgehead atoms. The number of halogens is 1. The van der Waals surface area contributed by atoms with Crippen molar-refractivity contribution >= 4 is 5.69 Å². The number of benzene rings is 1. The number of nitriles is 1. The maximum absolute atomic E-state index is 13.6. The maximum atomic E-state index is 13.6. The molecule has 1 aromatic carbocycles. The Kier molecular flexibility index (Phi) is 3.78. The minimum Gasteiger partial charge on any atom is -0.367 e. The molecule has 2 rings (SSSR count). The van der Waals surface area contributed by atoms with E-state index in [9.17, 15) is 9.65 Å². The van der Waals surface area contributed by atoms with Crippen LogP contribution in [0.25, 0.3) is 0 Å². The number of rotatable bonds is 2. The zero-order valence-electron chi connectivity index (χ0n) is 13.7. The molecule has 1 aromatic rings. The normalized spacial score (nSPS) is 22.3. The minimum absolute atomic E-state index is 0.0901. The Morgan fingerprint density at radius 3 is 2.10 bits per heavy atom. The molecule has 114 valence electrons. The van der Waals surface area contributed by atoms with Gasteiger partial charge in [-0.2, -0.15) is 5.26 Å². The highest BCUT2D eigenvalue weighted by Gasteiger charge is 2.47. The molecule has 0 radical (unpaired) electrons. The largest absolute Gasteiger partial charge is 0.367 e. The summed E-state index contributed by atoms with van der Waals surface area (Å²) in [6.07, 6.45) is 2.64. The van der Waals surface area contributed by atoms with Crippen LogP contribution in [0.2, 0.25) is 0 Å². The first-order chi connectivity index (χ1) is 9.55. The number of hydrogen-bond acceptors (Lipinski definition) is 2. The van der Waals surface area contributed by atoms with Crippen LogP contribution in [0.5, 0.6) is 0 Å². The predicted molar refractivity (Wildman–Crippen MR) is 84.5 cm³/mol. The third kappa shape index (κ3) is 3.75. The number of hydrogen-bond donors (Lipinski definition) is 1. The maximum Gasteiger partial charge on any atom is 0.126 e. The smallest absolute Gasteiger partial charge is 0.126 e. The fraction of sp³-hybridized carbons (Fsp3) is 0.611. The van der Waals surface area contributed by atoms with Gasteiger partial charge < -0.3 is 5.32 Å². The van der Waals surface area contributed by atoms with Crippen molar-refractivity contribution in [1.29, 1.82) is 5.26 Å². The Bertz CT molecular complexity index is 545. The van der Waals surface area contributed by atoms with Crippen LogP contribution < -0.4 is 5.32 Å². The van der Waals surface area contributed by atoms with Crippen molar-refractivity contribution in [2.24, 2.45) is 10.8 Å². The van der Waals surface area contributed by atoms with Crippen LogP contribution in [-0.4, -0.2) is 5.54 Å². The molecular weight excluding hydrogens is 263 g/mol. The molecule has 0 spiro atoms. The van der Waals surface area contributed by atoms with E-state index in [0.29, 0.717) is 5.69 Å². The second kappa shape index (κ2) is 5.02. The quantitative estimate of drug-likeness (QED) is 0.827. The lowest BCUT2D eigenvalue weighted by Gasteiger charge is -2.49. The van der Waals surface area contributed by atoms with Gasteiger partial charge in [-0.15, -0.1) is 0 Å². The van der Waals surface area contributed by atoms with E-state index in [-0.39, 0.29) is 16.6 Å². The first-order valence-corrected chi connectivity index (χ1v) is 7.52. The van der Waals surface area contributed by atoms with Crippen LogP contribution in [0.3, 0.4) is 0 Å². The van der Waals surface area contributed by atoms with E-state index in [4.69, 9.17) is 0 Å². The molecule has 0 atom stereocenters. The minimum atomic E-state index is -0.633. The Labute approximate surface area is 127 Å². The zero-order chi connectivity index (χ0) is 15.9. The molecule has 0 amide bonds. The molecule has 0 unspecified atom stereocenters. The van der Waals surface area contributed by atoms with E-state index < -0.39 is 5.54 Å². The van der Waals surface area contributed by atoms with Gasteiger partial charge >= 0.3 is 0 Å². The zero-order valence-corrected chi connectivity index (χ0v) is 13.7. The van der Waals surface area contributed by atoms with Crippen LogP contribution in [0.1, 0.15) is 52.5 Å². The van der Waals surface area contributed by atoms with Gasteiger partial charge in [-0.1, -0.05) is 27.7 Å². The molecule has 21 heavy (non-hydrogen) atoms. The first-order valence-electron chi connectivity index (χ1n) is 7.52. The Morgan fingerprint density at radius 1 is 1.05 bits per heavy atom. The van der Waals surface area contributed by atoms with Gasteiger partial charge in [0.2, 0.25) is 0 Å². The fourth-order valence-electron chi connectivity index (χ4n) is 4.40. The number of nitrogens with zero attached hydrogens (tertiary/aromatic N) is 1. The second-order valence-electron chi connectivity index (χ2n) is 8.19. The van der Waals surface area contributed by atoms with Gasteiger partial charge in [0.25, 0.3) is 0 Å². The highest BCUT2D eigenvalue weighted by Crippen LogP contribution is 2.50. The summed E-state index contributed by atoms with van der Waals surface area (Å²) in [5.41, 5.74) is 1.10. The molecule has 1 aliphatic carbocycles. The van der Waals surface area contributed by atoms with Gasteiger partial charge in [0, 0.05) is 5.69 Å². The van der Waals surface area contributed by atoms with Crippen LogP contribution in [-0.2, 0) is 0 Å². The van der Waals surface area contributed by atoms with Gasteiger partial charge in [-0.3, -0.25) is 0 Å². The number of nitrogens with one attached hydrogen (secondary N) is 1. The number of anilines is 1. The average Bonchev–Trinajstić information content (AvgIpc) is 2.22. The van der Waals surface area contributed by atoms with Crippen molar-refractivity contribution in [3.8, 4) is 6.07 Å². The topological polar surface area (TPSA) is 35.8 Å². The monoisotopic (exact) mass is 288 g/mol. The summed E-state index contributed by atoms with van der Waals surface area (Å²) in [5, 5.41) is 13.1. The molecule has 0 aromatic heterocycles. The Morgan fingerprint density at radius 2 is 1.62 bits per heavy atom. The summed E-state index contributed by atoms with van der Waals surface area (Å²) in [5.74, 6) is -0.264. The summed E-state index contributed by atoms with van der Waals surface area (Å²) in [7, 11) is 0. The van der Waals surface area contributed by atoms with Crippen molar-refractivity contribution in [1.82, 2.24) is 0 Å². The Balaban J connectivity index is 2.35. The van der Waals surface area contributed by atoms with Gasteiger partial charge in [0.1, 0.15) is 11.4 Å². The number of aryl methyl sites for hydroxylation is 1. The standard InChI is InChI=1S/C18H25FN2/c1-13-6-14(19)8-15(7-13)21-18(12-20)10-16(2,3)9-17(4,5)11-18/h6-8,21H,9-11H2,1-5H3. The third-order valence-corrected chi connectivity index (χ3v) is 4.16. The lowest BCUT2D eigenvalue weighted by Crippen LogP contribution is -2.50. The Hall–Kier alpha value is -1.56. The molecule has 1 fully saturated rings. The lowest BCUT2D eigenvalue weighted by molar-refractivity contribution is 0.0811. The van der Waals surface area contributed by atoms with Crippen LogP contribution >= 0.6 is 0 Å². The van der Waals surface area contributed by atoms with E-state index >= 15 is 0 Å². The molecule has 0 heterocycles. The summed E-state index contributed by atoms with van der Waals surface area (Å²) in [6.45, 7) is 10.7. The van der Waals surface area contributed by atoms with E-state index in [1.165, 1.54) is 12.1 Å². The molecule has 1 saturated carbocycles. The molecule has 2 nitrogen and oxygen atoms in total. The third-order valence-electron chi connectivity index (χ3n) is 4.16. The molecule has 1 aliphatic rings. The van der Waals surface area contributed by atoms with E-state index in [1.807, 2.05) is 13.0 Å². The summed E-state index contributed by atoms with van der Waals surface area (Å²) >= 11 is 0. The summed E-state index contributed by atoms with van der Waals surface area (Å²) in [6, 6.07) is 7.35. The van der Waals surface area contributed by atoms with E-state index in [0.717, 1.165) is 24.8 Å². The molecule has 0 saturated heterocycles. The summed E-state index contributed by atoms with van der Waals surface area (Å²) < 4.78 is 13.6. The van der Waals surface area contributed by atoms with Crippen LogP contribution in [0.4, 0.5) is 10.1 Å². The highest BCUT2D eigenvalue weighted by atomic mass is 19.1. The van der Waals surface area contributed by atoms with Crippen LogP contribution in [0.15, 0.2) is 18.2 Å². The van der Waals surface area contributed by atoms with Gasteiger partial charge in [0.05, 0.1) is 6.07 Å². The summed E-state index contributed by atoms with van der Waals surface area (Å²) in [4.78, 5) is 0. The van der Waals surface area contributed by atoms with Crippen molar-refractivity contribution in [3.05, 3.63) is 29.6 Å². The van der Waals surface area contributed by atoms with Crippen LogP contribution in [0, 0.1) is 34.9 Å². The average molecular weight is 288 g/mol. The van der Waals surface area contributed by atoms with Crippen molar-refractivity contribution < 1.29 is 4.39 Å². The van der Waals surface area contributed by atoms with Crippen molar-refractivity contribution in [3.63, 3.8) is 0 Å². The van der Waals surface area contributed by atoms with E-state index in [1.54, 1.807) is 0 Å².